The molecule has 3 aromatic rings. The molecule has 0 saturated carbocycles. The summed E-state index contributed by atoms with van der Waals surface area (Å²) in [6.07, 6.45) is 2.40. The number of hydrogen-bond acceptors (Lipinski definition) is 3. The number of halogens is 1. The molecule has 0 aliphatic rings. The van der Waals surface area contributed by atoms with Gasteiger partial charge < -0.3 is 5.32 Å². The van der Waals surface area contributed by atoms with Crippen LogP contribution in [0.5, 0.6) is 0 Å². The van der Waals surface area contributed by atoms with Gasteiger partial charge in [-0.25, -0.2) is 4.39 Å². The summed E-state index contributed by atoms with van der Waals surface area (Å²) in [5.74, 6) is -0.437. The summed E-state index contributed by atoms with van der Waals surface area (Å²) >= 11 is 1.32. The number of thiophene rings is 1. The zero-order valence-corrected chi connectivity index (χ0v) is 12.9. The van der Waals surface area contributed by atoms with Crippen LogP contribution in [0.2, 0.25) is 0 Å². The van der Waals surface area contributed by atoms with Gasteiger partial charge in [-0.1, -0.05) is 12.1 Å². The number of aromatic nitrogens is 1. The first-order valence-corrected chi connectivity index (χ1v) is 7.84. The number of aryl methyl sites for hydroxylation is 1. The Kier molecular flexibility index (Phi) is 4.15. The number of carbonyl (C=O) groups excluding carboxylic acids is 1. The summed E-state index contributed by atoms with van der Waals surface area (Å²) < 4.78 is 14.7. The fourth-order valence-electron chi connectivity index (χ4n) is 2.40. The molecule has 0 aliphatic carbocycles. The molecule has 1 amide bonds. The second kappa shape index (κ2) is 6.23. The Labute approximate surface area is 131 Å². The molecule has 1 aromatic carbocycles. The third kappa shape index (κ3) is 2.85. The number of fused-ring (bicyclic) bond motifs is 1. The highest BCUT2D eigenvalue weighted by atomic mass is 32.1. The molecule has 0 fully saturated rings. The summed E-state index contributed by atoms with van der Waals surface area (Å²) in [6.45, 7) is 2.29. The number of rotatable bonds is 4. The van der Waals surface area contributed by atoms with Crippen molar-refractivity contribution in [1.82, 2.24) is 10.3 Å². The number of carbonyl (C=O) groups is 1. The van der Waals surface area contributed by atoms with Crippen LogP contribution in [0.15, 0.2) is 42.6 Å². The zero-order chi connectivity index (χ0) is 15.5. The Hall–Kier alpha value is -2.27. The van der Waals surface area contributed by atoms with Crippen molar-refractivity contribution in [3.05, 3.63) is 64.5 Å². The Morgan fingerprint density at radius 1 is 1.27 bits per heavy atom. The van der Waals surface area contributed by atoms with Crippen LogP contribution < -0.4 is 5.32 Å². The molecule has 3 nitrogen and oxygen atoms in total. The van der Waals surface area contributed by atoms with E-state index in [0.717, 1.165) is 10.4 Å². The molecule has 0 bridgehead atoms. The third-order valence-corrected chi connectivity index (χ3v) is 4.76. The molecule has 0 aliphatic heterocycles. The second-order valence-corrected chi connectivity index (χ2v) is 6.05. The third-order valence-electron chi connectivity index (χ3n) is 3.50. The minimum absolute atomic E-state index is 0.158. The maximum atomic E-state index is 13.9. The molecule has 1 N–H and O–H groups in total. The van der Waals surface area contributed by atoms with Crippen molar-refractivity contribution >= 4 is 27.3 Å². The van der Waals surface area contributed by atoms with Gasteiger partial charge in [0.15, 0.2) is 0 Å². The molecule has 22 heavy (non-hydrogen) atoms. The van der Waals surface area contributed by atoms with E-state index in [-0.39, 0.29) is 11.7 Å². The topological polar surface area (TPSA) is 42.0 Å². The molecule has 112 valence electrons. The lowest BCUT2D eigenvalue weighted by Gasteiger charge is -2.04. The summed E-state index contributed by atoms with van der Waals surface area (Å²) in [7, 11) is 0. The quantitative estimate of drug-likeness (QED) is 0.797. The molecule has 0 atom stereocenters. The van der Waals surface area contributed by atoms with Crippen LogP contribution in [0.25, 0.3) is 10.1 Å². The first-order chi connectivity index (χ1) is 10.7. The van der Waals surface area contributed by atoms with Crippen molar-refractivity contribution in [2.45, 2.75) is 13.3 Å². The van der Waals surface area contributed by atoms with Crippen molar-refractivity contribution in [3.8, 4) is 0 Å². The van der Waals surface area contributed by atoms with Gasteiger partial charge in [0.2, 0.25) is 0 Å². The molecule has 3 rings (SSSR count). The van der Waals surface area contributed by atoms with E-state index < -0.39 is 0 Å². The van der Waals surface area contributed by atoms with E-state index in [4.69, 9.17) is 0 Å². The van der Waals surface area contributed by atoms with E-state index in [1.54, 1.807) is 19.2 Å². The fraction of sp³-hybridized carbons (Fsp3) is 0.176. The fourth-order valence-corrected chi connectivity index (χ4v) is 3.54. The Morgan fingerprint density at radius 2 is 2.14 bits per heavy atom. The van der Waals surface area contributed by atoms with Crippen LogP contribution in [-0.4, -0.2) is 17.4 Å². The first-order valence-electron chi connectivity index (χ1n) is 7.02. The van der Waals surface area contributed by atoms with Gasteiger partial charge in [0.1, 0.15) is 5.82 Å². The minimum atomic E-state index is -0.279. The van der Waals surface area contributed by atoms with Crippen LogP contribution >= 0.6 is 11.3 Å². The highest BCUT2D eigenvalue weighted by Crippen LogP contribution is 2.32. The van der Waals surface area contributed by atoms with Crippen LogP contribution in [0, 0.1) is 12.7 Å². The molecule has 5 heteroatoms. The maximum absolute atomic E-state index is 13.9. The molecule has 0 radical (unpaired) electrons. The average Bonchev–Trinajstić information content (AvgIpc) is 2.87. The molecular formula is C17H15FN2OS. The molecular weight excluding hydrogens is 299 g/mol. The Bertz CT molecular complexity index is 814. The molecule has 0 spiro atoms. The predicted octanol–water partition coefficient (Wildman–Crippen LogP) is 3.72. The number of benzene rings is 1. The van der Waals surface area contributed by atoms with Gasteiger partial charge in [0.25, 0.3) is 5.91 Å². The summed E-state index contributed by atoms with van der Waals surface area (Å²) in [5.41, 5.74) is 1.63. The van der Waals surface area contributed by atoms with Crippen molar-refractivity contribution in [2.24, 2.45) is 0 Å². The van der Waals surface area contributed by atoms with Gasteiger partial charge in [-0.3, -0.25) is 9.78 Å². The van der Waals surface area contributed by atoms with Gasteiger partial charge in [-0.15, -0.1) is 11.3 Å². The van der Waals surface area contributed by atoms with Gasteiger partial charge >= 0.3 is 0 Å². The highest BCUT2D eigenvalue weighted by Gasteiger charge is 2.17. The monoisotopic (exact) mass is 314 g/mol. The number of pyridine rings is 1. The summed E-state index contributed by atoms with van der Waals surface area (Å²) in [6, 6.07) is 10.6. The van der Waals surface area contributed by atoms with Crippen molar-refractivity contribution < 1.29 is 9.18 Å². The second-order valence-electron chi connectivity index (χ2n) is 5.00. The first kappa shape index (κ1) is 14.7. The van der Waals surface area contributed by atoms with E-state index in [1.807, 2.05) is 24.3 Å². The van der Waals surface area contributed by atoms with Crippen molar-refractivity contribution in [3.63, 3.8) is 0 Å². The summed E-state index contributed by atoms with van der Waals surface area (Å²) in [4.78, 5) is 17.1. The van der Waals surface area contributed by atoms with Gasteiger partial charge in [0, 0.05) is 34.9 Å². The van der Waals surface area contributed by atoms with E-state index in [1.165, 1.54) is 17.4 Å². The number of amides is 1. The molecule has 2 aromatic heterocycles. The van der Waals surface area contributed by atoms with Crippen molar-refractivity contribution in [1.29, 1.82) is 0 Å². The van der Waals surface area contributed by atoms with Crippen LogP contribution in [0.3, 0.4) is 0 Å². The normalized spacial score (nSPS) is 10.8. The van der Waals surface area contributed by atoms with Crippen LogP contribution in [0.1, 0.15) is 20.9 Å². The zero-order valence-electron chi connectivity index (χ0n) is 12.1. The summed E-state index contributed by atoms with van der Waals surface area (Å²) in [5, 5.41) is 3.42. The Balaban J connectivity index is 1.73. The molecule has 0 unspecified atom stereocenters. The standard InChI is InChI=1S/C17H15FN2OS/c1-11-15-13(18)6-4-7-14(15)22-16(11)17(21)20-10-8-12-5-2-3-9-19-12/h2-7,9H,8,10H2,1H3,(H,20,21). The predicted molar refractivity (Wildman–Crippen MR) is 86.8 cm³/mol. The molecule has 2 heterocycles. The largest absolute Gasteiger partial charge is 0.351 e. The maximum Gasteiger partial charge on any atom is 0.261 e. The van der Waals surface area contributed by atoms with E-state index in [2.05, 4.69) is 10.3 Å². The van der Waals surface area contributed by atoms with Crippen molar-refractivity contribution in [2.75, 3.05) is 6.54 Å². The van der Waals surface area contributed by atoms with E-state index in [9.17, 15) is 9.18 Å². The lowest BCUT2D eigenvalue weighted by Crippen LogP contribution is -2.25. The number of nitrogens with one attached hydrogen (secondary N) is 1. The lowest BCUT2D eigenvalue weighted by atomic mass is 10.1. The van der Waals surface area contributed by atoms with Gasteiger partial charge in [-0.2, -0.15) is 0 Å². The lowest BCUT2D eigenvalue weighted by molar-refractivity contribution is 0.0957. The highest BCUT2D eigenvalue weighted by molar-refractivity contribution is 7.21. The number of nitrogens with zero attached hydrogens (tertiary/aromatic N) is 1. The molecule has 0 saturated heterocycles. The smallest absolute Gasteiger partial charge is 0.261 e. The SMILES string of the molecule is Cc1c(C(=O)NCCc2ccccn2)sc2cccc(F)c12. The van der Waals surface area contributed by atoms with Gasteiger partial charge in [0.05, 0.1) is 4.88 Å². The van der Waals surface area contributed by atoms with Crippen LogP contribution in [-0.2, 0) is 6.42 Å². The van der Waals surface area contributed by atoms with E-state index >= 15 is 0 Å². The average molecular weight is 314 g/mol. The van der Waals surface area contributed by atoms with Crippen LogP contribution in [0.4, 0.5) is 4.39 Å². The Morgan fingerprint density at radius 3 is 2.86 bits per heavy atom. The minimum Gasteiger partial charge on any atom is -0.351 e. The number of hydrogen-bond donors (Lipinski definition) is 1. The van der Waals surface area contributed by atoms with Gasteiger partial charge in [-0.05, 0) is 36.8 Å². The van der Waals surface area contributed by atoms with E-state index in [0.29, 0.717) is 28.8 Å².